The van der Waals surface area contributed by atoms with Crippen LogP contribution in [0.1, 0.15) is 52.4 Å². The lowest BCUT2D eigenvalue weighted by Crippen LogP contribution is -2.54. The van der Waals surface area contributed by atoms with Crippen molar-refractivity contribution in [2.24, 2.45) is 11.8 Å². The zero-order chi connectivity index (χ0) is 15.5. The molecule has 4 heteroatoms. The van der Waals surface area contributed by atoms with Crippen LogP contribution in [-0.2, 0) is 9.53 Å². The quantitative estimate of drug-likeness (QED) is 0.791. The zero-order valence-electron chi connectivity index (χ0n) is 14.2. The van der Waals surface area contributed by atoms with Crippen molar-refractivity contribution in [1.82, 2.24) is 10.2 Å². The Kier molecular flexibility index (Phi) is 5.67. The van der Waals surface area contributed by atoms with Crippen LogP contribution in [0.3, 0.4) is 0 Å². The highest BCUT2D eigenvalue weighted by molar-refractivity contribution is 5.80. The monoisotopic (exact) mass is 296 g/mol. The summed E-state index contributed by atoms with van der Waals surface area (Å²) < 4.78 is 4.96. The number of carbonyl (C=O) groups excluding carboxylic acids is 1. The van der Waals surface area contributed by atoms with Crippen LogP contribution in [0.2, 0.25) is 0 Å². The molecule has 0 amide bonds. The van der Waals surface area contributed by atoms with E-state index in [0.29, 0.717) is 6.04 Å². The Labute approximate surface area is 129 Å². The molecule has 0 spiro atoms. The summed E-state index contributed by atoms with van der Waals surface area (Å²) in [6.45, 7) is 6.60. The fraction of sp³-hybridized carbons (Fsp3) is 0.941. The van der Waals surface area contributed by atoms with Gasteiger partial charge in [-0.3, -0.25) is 4.79 Å². The van der Waals surface area contributed by atoms with E-state index in [-0.39, 0.29) is 5.97 Å². The molecule has 2 rings (SSSR count). The van der Waals surface area contributed by atoms with E-state index in [2.05, 4.69) is 17.1 Å². The first-order valence-electron chi connectivity index (χ1n) is 8.51. The van der Waals surface area contributed by atoms with E-state index in [0.717, 1.165) is 18.3 Å². The van der Waals surface area contributed by atoms with Gasteiger partial charge in [0, 0.05) is 12.6 Å². The molecule has 4 atom stereocenters. The van der Waals surface area contributed by atoms with E-state index in [1.165, 1.54) is 52.3 Å². The number of fused-ring (bicyclic) bond motifs is 1. The molecule has 4 unspecified atom stereocenters. The molecule has 0 aromatic rings. The number of methoxy groups -OCH3 is 1. The SMILES string of the molecule is CNC(C)(CC(C)N1CCC2CCCCC2C1)C(=O)OC. The van der Waals surface area contributed by atoms with Crippen LogP contribution in [0.25, 0.3) is 0 Å². The molecule has 1 heterocycles. The predicted octanol–water partition coefficient (Wildman–Crippen LogP) is 2.43. The molecule has 1 N–H and O–H groups in total. The van der Waals surface area contributed by atoms with E-state index in [1.807, 2.05) is 14.0 Å². The molecule has 1 saturated carbocycles. The Morgan fingerprint density at radius 1 is 1.33 bits per heavy atom. The van der Waals surface area contributed by atoms with Crippen molar-refractivity contribution in [3.63, 3.8) is 0 Å². The minimum Gasteiger partial charge on any atom is -0.468 e. The number of likely N-dealkylation sites (tertiary alicyclic amines) is 1. The molecule has 21 heavy (non-hydrogen) atoms. The third-order valence-corrected chi connectivity index (χ3v) is 5.84. The first-order chi connectivity index (χ1) is 10.00. The van der Waals surface area contributed by atoms with Crippen molar-refractivity contribution in [1.29, 1.82) is 0 Å². The van der Waals surface area contributed by atoms with Crippen LogP contribution in [0, 0.1) is 11.8 Å². The van der Waals surface area contributed by atoms with Crippen molar-refractivity contribution in [2.75, 3.05) is 27.2 Å². The Hall–Kier alpha value is -0.610. The van der Waals surface area contributed by atoms with Gasteiger partial charge >= 0.3 is 5.97 Å². The number of likely N-dealkylation sites (N-methyl/N-ethyl adjacent to an activating group) is 1. The highest BCUT2D eigenvalue weighted by Gasteiger charge is 2.38. The van der Waals surface area contributed by atoms with E-state index in [9.17, 15) is 4.79 Å². The molecule has 0 radical (unpaired) electrons. The molecule has 0 aromatic heterocycles. The molecule has 0 aromatic carbocycles. The molecule has 2 fully saturated rings. The van der Waals surface area contributed by atoms with Crippen LogP contribution in [0.15, 0.2) is 0 Å². The molecular weight excluding hydrogens is 264 g/mol. The molecule has 4 nitrogen and oxygen atoms in total. The van der Waals surface area contributed by atoms with Gasteiger partial charge in [-0.2, -0.15) is 0 Å². The number of hydrogen-bond donors (Lipinski definition) is 1. The van der Waals surface area contributed by atoms with Gasteiger partial charge in [-0.15, -0.1) is 0 Å². The third kappa shape index (κ3) is 3.78. The summed E-state index contributed by atoms with van der Waals surface area (Å²) in [5.74, 6) is 1.68. The summed E-state index contributed by atoms with van der Waals surface area (Å²) in [7, 11) is 3.31. The maximum Gasteiger partial charge on any atom is 0.325 e. The maximum absolute atomic E-state index is 12.0. The zero-order valence-corrected chi connectivity index (χ0v) is 14.2. The minimum atomic E-state index is -0.586. The molecule has 1 saturated heterocycles. The van der Waals surface area contributed by atoms with Crippen LogP contribution >= 0.6 is 0 Å². The van der Waals surface area contributed by atoms with E-state index >= 15 is 0 Å². The maximum atomic E-state index is 12.0. The highest BCUT2D eigenvalue weighted by Crippen LogP contribution is 2.37. The first-order valence-corrected chi connectivity index (χ1v) is 8.51. The predicted molar refractivity (Wildman–Crippen MR) is 85.2 cm³/mol. The lowest BCUT2D eigenvalue weighted by molar-refractivity contribution is -0.148. The summed E-state index contributed by atoms with van der Waals surface area (Å²) >= 11 is 0. The number of carbonyl (C=O) groups is 1. The van der Waals surface area contributed by atoms with Crippen LogP contribution in [-0.4, -0.2) is 49.7 Å². The van der Waals surface area contributed by atoms with Gasteiger partial charge in [0.25, 0.3) is 0 Å². The van der Waals surface area contributed by atoms with Crippen molar-refractivity contribution in [3.05, 3.63) is 0 Å². The smallest absolute Gasteiger partial charge is 0.325 e. The van der Waals surface area contributed by atoms with Crippen LogP contribution in [0.5, 0.6) is 0 Å². The molecule has 2 aliphatic rings. The van der Waals surface area contributed by atoms with E-state index < -0.39 is 5.54 Å². The Balaban J connectivity index is 1.93. The average molecular weight is 296 g/mol. The molecule has 0 bridgehead atoms. The van der Waals surface area contributed by atoms with E-state index in [1.54, 1.807) is 0 Å². The number of hydrogen-bond acceptors (Lipinski definition) is 4. The number of esters is 1. The number of rotatable bonds is 5. The molecule has 1 aliphatic heterocycles. The van der Waals surface area contributed by atoms with Crippen molar-refractivity contribution in [2.45, 2.75) is 64.0 Å². The fourth-order valence-electron chi connectivity index (χ4n) is 4.26. The van der Waals surface area contributed by atoms with E-state index in [4.69, 9.17) is 4.74 Å². The average Bonchev–Trinajstić information content (AvgIpc) is 2.53. The van der Waals surface area contributed by atoms with Gasteiger partial charge in [0.15, 0.2) is 0 Å². The summed E-state index contributed by atoms with van der Waals surface area (Å²) in [4.78, 5) is 14.6. The van der Waals surface area contributed by atoms with Gasteiger partial charge in [-0.25, -0.2) is 0 Å². The van der Waals surface area contributed by atoms with Gasteiger partial charge in [-0.05, 0) is 58.5 Å². The van der Waals surface area contributed by atoms with Crippen molar-refractivity contribution < 1.29 is 9.53 Å². The summed E-state index contributed by atoms with van der Waals surface area (Å²) in [5, 5.41) is 3.15. The fourth-order valence-corrected chi connectivity index (χ4v) is 4.26. The number of piperidine rings is 1. The second kappa shape index (κ2) is 7.10. The lowest BCUT2D eigenvalue weighted by Gasteiger charge is -2.45. The molecular formula is C17H32N2O2. The summed E-state index contributed by atoms with van der Waals surface area (Å²) in [5.41, 5.74) is -0.586. The topological polar surface area (TPSA) is 41.6 Å². The second-order valence-electron chi connectivity index (χ2n) is 7.22. The highest BCUT2D eigenvalue weighted by atomic mass is 16.5. The van der Waals surface area contributed by atoms with Gasteiger partial charge in [0.05, 0.1) is 7.11 Å². The molecule has 122 valence electrons. The normalized spacial score (nSPS) is 31.0. The molecule has 1 aliphatic carbocycles. The third-order valence-electron chi connectivity index (χ3n) is 5.84. The van der Waals surface area contributed by atoms with Gasteiger partial charge in [0.1, 0.15) is 5.54 Å². The van der Waals surface area contributed by atoms with Crippen LogP contribution < -0.4 is 5.32 Å². The Morgan fingerprint density at radius 2 is 2.00 bits per heavy atom. The van der Waals surface area contributed by atoms with Crippen molar-refractivity contribution in [3.8, 4) is 0 Å². The Bertz CT molecular complexity index is 361. The van der Waals surface area contributed by atoms with Crippen LogP contribution in [0.4, 0.5) is 0 Å². The Morgan fingerprint density at radius 3 is 2.62 bits per heavy atom. The minimum absolute atomic E-state index is 0.163. The summed E-state index contributed by atoms with van der Waals surface area (Å²) in [6, 6.07) is 0.407. The number of nitrogens with one attached hydrogen (secondary N) is 1. The van der Waals surface area contributed by atoms with Gasteiger partial charge < -0.3 is 15.0 Å². The van der Waals surface area contributed by atoms with Gasteiger partial charge in [0.2, 0.25) is 0 Å². The number of nitrogens with zero attached hydrogens (tertiary/aromatic N) is 1. The second-order valence-corrected chi connectivity index (χ2v) is 7.22. The standard InChI is InChI=1S/C17H32N2O2/c1-13(11-17(2,18-3)16(20)21-4)19-10-9-14-7-5-6-8-15(14)12-19/h13-15,18H,5-12H2,1-4H3. The first kappa shape index (κ1) is 16.8. The lowest BCUT2D eigenvalue weighted by atomic mass is 9.74. The van der Waals surface area contributed by atoms with Crippen molar-refractivity contribution >= 4 is 5.97 Å². The largest absolute Gasteiger partial charge is 0.468 e. The number of ether oxygens (including phenoxy) is 1. The summed E-state index contributed by atoms with van der Waals surface area (Å²) in [6.07, 6.45) is 7.80. The van der Waals surface area contributed by atoms with Gasteiger partial charge in [-0.1, -0.05) is 19.3 Å².